The molecule has 6 nitrogen and oxygen atoms in total. The smallest absolute Gasteiger partial charge is 0.132 e. The number of para-hydroxylation sites is 2. The van der Waals surface area contributed by atoms with Crippen LogP contribution in [0, 0.1) is 18.8 Å². The predicted octanol–water partition coefficient (Wildman–Crippen LogP) is 9.86. The summed E-state index contributed by atoms with van der Waals surface area (Å²) in [5.74, 6) is 0.862. The molecule has 50 heavy (non-hydrogen) atoms. The van der Waals surface area contributed by atoms with Crippen LogP contribution in [0.3, 0.4) is 0 Å². The molecule has 0 fully saturated rings. The zero-order valence-electron chi connectivity index (χ0n) is 27.3. The largest absolute Gasteiger partial charge is 0.504 e. The fourth-order valence-electron chi connectivity index (χ4n) is 7.39. The van der Waals surface area contributed by atoms with Gasteiger partial charge in [0, 0.05) is 45.7 Å². The summed E-state index contributed by atoms with van der Waals surface area (Å²) >= 11 is 0. The fourth-order valence-corrected chi connectivity index (χ4v) is 7.39. The van der Waals surface area contributed by atoms with E-state index in [1.807, 2.05) is 12.3 Å². The molecule has 7 heteroatoms. The van der Waals surface area contributed by atoms with E-state index in [2.05, 4.69) is 173 Å². The van der Waals surface area contributed by atoms with Crippen molar-refractivity contribution in [2.75, 3.05) is 16.8 Å². The normalized spacial score (nSPS) is 12.7. The molecule has 0 atom stereocenters. The molecule has 1 aliphatic rings. The summed E-state index contributed by atoms with van der Waals surface area (Å²) in [7, 11) is 4.15. The number of hydrogen-bond acceptors (Lipinski definition) is 4. The van der Waals surface area contributed by atoms with Crippen LogP contribution in [0.2, 0.25) is 0 Å². The molecule has 0 radical (unpaired) electrons. The SMILES string of the molecule is CN1[CH-]N(c2[c-]c(-n3c4[c-]c(-c5nc6cc(-c7cccc8ccccc78)ccc6n5C)ccc4c4cccnc43)ccc2)c2ccccc21.[Pt]. The molecule has 0 amide bonds. The van der Waals surface area contributed by atoms with Crippen molar-refractivity contribution in [1.82, 2.24) is 19.1 Å². The van der Waals surface area contributed by atoms with Gasteiger partial charge in [-0.15, -0.1) is 47.6 Å². The second kappa shape index (κ2) is 11.7. The summed E-state index contributed by atoms with van der Waals surface area (Å²) in [4.78, 5) is 14.4. The number of imidazole rings is 1. The van der Waals surface area contributed by atoms with Crippen LogP contribution in [0.5, 0.6) is 0 Å². The molecule has 10 rings (SSSR count). The number of hydrogen-bond donors (Lipinski definition) is 0. The molecule has 9 aromatic rings. The maximum atomic E-state index is 5.19. The van der Waals surface area contributed by atoms with Crippen molar-refractivity contribution in [1.29, 1.82) is 0 Å². The average molecular weight is 825 g/mol. The fraction of sp³-hybridized carbons (Fsp3) is 0.0465. The van der Waals surface area contributed by atoms with E-state index >= 15 is 0 Å². The Morgan fingerprint density at radius 2 is 1.44 bits per heavy atom. The van der Waals surface area contributed by atoms with Crippen LogP contribution in [-0.2, 0) is 28.1 Å². The molecule has 3 aromatic heterocycles. The number of pyridine rings is 1. The van der Waals surface area contributed by atoms with E-state index in [9.17, 15) is 0 Å². The number of benzene rings is 6. The summed E-state index contributed by atoms with van der Waals surface area (Å²) in [5, 5.41) is 4.62. The Kier molecular flexibility index (Phi) is 7.11. The number of aryl methyl sites for hydroxylation is 1. The Bertz CT molecular complexity index is 2750. The van der Waals surface area contributed by atoms with E-state index in [0.717, 1.165) is 72.7 Å². The molecule has 0 spiro atoms. The Hall–Kier alpha value is -5.71. The van der Waals surface area contributed by atoms with Gasteiger partial charge in [0.1, 0.15) is 5.65 Å². The summed E-state index contributed by atoms with van der Waals surface area (Å²) < 4.78 is 4.33. The van der Waals surface area contributed by atoms with E-state index < -0.39 is 0 Å². The van der Waals surface area contributed by atoms with Crippen molar-refractivity contribution in [2.24, 2.45) is 7.05 Å². The molecule has 0 N–H and O–H groups in total. The molecule has 1 aliphatic heterocycles. The van der Waals surface area contributed by atoms with Gasteiger partial charge in [-0.2, -0.15) is 12.7 Å². The minimum atomic E-state index is 0. The van der Waals surface area contributed by atoms with E-state index in [0.29, 0.717) is 0 Å². The Morgan fingerprint density at radius 3 is 2.36 bits per heavy atom. The van der Waals surface area contributed by atoms with Gasteiger partial charge in [0.15, 0.2) is 0 Å². The molecule has 6 aromatic carbocycles. The summed E-state index contributed by atoms with van der Waals surface area (Å²) in [5.41, 5.74) is 11.2. The maximum absolute atomic E-state index is 5.19. The van der Waals surface area contributed by atoms with Gasteiger partial charge in [0.05, 0.1) is 16.9 Å². The van der Waals surface area contributed by atoms with Crippen LogP contribution in [-0.4, -0.2) is 26.1 Å². The van der Waals surface area contributed by atoms with E-state index in [-0.39, 0.29) is 21.1 Å². The van der Waals surface area contributed by atoms with Crippen molar-refractivity contribution >= 4 is 60.8 Å². The molecule has 0 saturated carbocycles. The average Bonchev–Trinajstić information content (AvgIpc) is 3.79. The first kappa shape index (κ1) is 30.4. The van der Waals surface area contributed by atoms with Crippen molar-refractivity contribution in [3.05, 3.63) is 152 Å². The predicted molar refractivity (Wildman–Crippen MR) is 200 cm³/mol. The van der Waals surface area contributed by atoms with Crippen LogP contribution in [0.1, 0.15) is 0 Å². The minimum absolute atomic E-state index is 0. The molecule has 0 saturated heterocycles. The van der Waals surface area contributed by atoms with Gasteiger partial charge in [-0.3, -0.25) is 4.98 Å². The molecular weight excluding hydrogens is 796 g/mol. The van der Waals surface area contributed by atoms with Gasteiger partial charge in [-0.1, -0.05) is 77.8 Å². The first-order chi connectivity index (χ1) is 24.1. The molecule has 4 heterocycles. The van der Waals surface area contributed by atoms with E-state index in [4.69, 9.17) is 9.97 Å². The van der Waals surface area contributed by atoms with E-state index in [1.54, 1.807) is 0 Å². The van der Waals surface area contributed by atoms with Gasteiger partial charge in [0.2, 0.25) is 0 Å². The van der Waals surface area contributed by atoms with Gasteiger partial charge < -0.3 is 18.9 Å². The van der Waals surface area contributed by atoms with Gasteiger partial charge in [-0.05, 0) is 70.2 Å². The quantitative estimate of drug-likeness (QED) is 0.166. The number of anilines is 3. The van der Waals surface area contributed by atoms with Crippen molar-refractivity contribution in [3.63, 3.8) is 0 Å². The third-order valence-corrected chi connectivity index (χ3v) is 9.73. The first-order valence-electron chi connectivity index (χ1n) is 16.4. The van der Waals surface area contributed by atoms with Gasteiger partial charge in [0.25, 0.3) is 0 Å². The first-order valence-corrected chi connectivity index (χ1v) is 16.4. The summed E-state index contributed by atoms with van der Waals surface area (Å²) in [6.07, 6.45) is 1.85. The number of rotatable bonds is 4. The zero-order chi connectivity index (χ0) is 32.6. The summed E-state index contributed by atoms with van der Waals surface area (Å²) in [6, 6.07) is 52.1. The molecule has 0 bridgehead atoms. The van der Waals surface area contributed by atoms with Gasteiger partial charge >= 0.3 is 0 Å². The van der Waals surface area contributed by atoms with Crippen LogP contribution < -0.4 is 9.80 Å². The van der Waals surface area contributed by atoms with Gasteiger partial charge in [-0.25, -0.2) is 4.98 Å². The Morgan fingerprint density at radius 1 is 0.660 bits per heavy atom. The van der Waals surface area contributed by atoms with Crippen molar-refractivity contribution in [2.45, 2.75) is 0 Å². The molecule has 0 aliphatic carbocycles. The Balaban J connectivity index is 0.00000336. The molecule has 0 unspecified atom stereocenters. The number of nitrogens with zero attached hydrogens (tertiary/aromatic N) is 6. The third-order valence-electron chi connectivity index (χ3n) is 9.73. The van der Waals surface area contributed by atoms with Crippen molar-refractivity contribution < 1.29 is 21.1 Å². The monoisotopic (exact) mass is 824 g/mol. The second-order valence-electron chi connectivity index (χ2n) is 12.6. The van der Waals surface area contributed by atoms with Crippen LogP contribution in [0.25, 0.3) is 71.9 Å². The molecular formula is C43H29N6Pt-3. The van der Waals surface area contributed by atoms with Crippen LogP contribution in [0.15, 0.2) is 134 Å². The number of aromatic nitrogens is 4. The maximum Gasteiger partial charge on any atom is 0.132 e. The minimum Gasteiger partial charge on any atom is -0.504 e. The van der Waals surface area contributed by atoms with E-state index in [1.165, 1.54) is 16.3 Å². The zero-order valence-corrected chi connectivity index (χ0v) is 29.6. The third kappa shape index (κ3) is 4.59. The topological polar surface area (TPSA) is 42.1 Å². The molecule has 244 valence electrons. The Labute approximate surface area is 304 Å². The standard InChI is InChI=1S/C43H29N6.Pt/c1-46-27-48(40-18-6-5-17-39(40)46)31-12-8-13-32(26-31)49-41-25-30(19-21-35(41)36-16-9-23-44-43(36)49)42-45-37-24-29(20-22-38(37)47(42)2)34-15-7-11-28-10-3-4-14-33(28)34;/h3-24,27H,1-2H3;/q-3;. The van der Waals surface area contributed by atoms with Crippen LogP contribution in [0.4, 0.5) is 17.1 Å². The summed E-state index contributed by atoms with van der Waals surface area (Å²) in [6.45, 7) is 2.10. The van der Waals surface area contributed by atoms with Crippen molar-refractivity contribution in [3.8, 4) is 28.2 Å². The second-order valence-corrected chi connectivity index (χ2v) is 12.6. The van der Waals surface area contributed by atoms with Crippen LogP contribution >= 0.6 is 0 Å². The number of fused-ring (bicyclic) bond motifs is 6.